The molecule has 2 aromatic rings. The molecule has 0 aliphatic carbocycles. The van der Waals surface area contributed by atoms with Crippen LogP contribution in [0.3, 0.4) is 0 Å². The second kappa shape index (κ2) is 4.95. The highest BCUT2D eigenvalue weighted by Gasteiger charge is 2.23. The number of hydrogen-bond donors (Lipinski definition) is 1. The summed E-state index contributed by atoms with van der Waals surface area (Å²) in [6, 6.07) is 15.4. The molecule has 0 bridgehead atoms. The molecule has 0 fully saturated rings. The third kappa shape index (κ3) is 2.01. The maximum absolute atomic E-state index is 5.84. The van der Waals surface area contributed by atoms with Crippen LogP contribution in [0.1, 0.15) is 28.2 Å². The Morgan fingerprint density at radius 2 is 1.95 bits per heavy atom. The van der Waals surface area contributed by atoms with Crippen LogP contribution >= 0.6 is 0 Å². The molecule has 1 N–H and O–H groups in total. The average Bonchev–Trinajstić information content (AvgIpc) is 2.97. The summed E-state index contributed by atoms with van der Waals surface area (Å²) in [6.07, 6.45) is 2.12. The number of rotatable bonds is 2. The van der Waals surface area contributed by atoms with Crippen LogP contribution in [0, 0.1) is 0 Å². The zero-order valence-electron chi connectivity index (χ0n) is 11.6. The summed E-state index contributed by atoms with van der Waals surface area (Å²) in [5.74, 6) is 1.70. The first-order valence-corrected chi connectivity index (χ1v) is 7.44. The quantitative estimate of drug-likeness (QED) is 0.901. The maximum atomic E-state index is 5.84. The minimum Gasteiger partial charge on any atom is -0.493 e. The Hall–Kier alpha value is -1.80. The third-order valence-corrected chi connectivity index (χ3v) is 4.46. The molecule has 2 aliphatic rings. The second-order valence-corrected chi connectivity index (χ2v) is 5.73. The topological polar surface area (TPSA) is 21.3 Å². The van der Waals surface area contributed by atoms with Crippen molar-refractivity contribution < 1.29 is 4.74 Å². The molecule has 0 amide bonds. The Morgan fingerprint density at radius 3 is 2.95 bits per heavy atom. The van der Waals surface area contributed by atoms with Crippen molar-refractivity contribution in [2.24, 2.45) is 0 Å². The van der Waals surface area contributed by atoms with E-state index in [1.807, 2.05) is 0 Å². The van der Waals surface area contributed by atoms with Gasteiger partial charge in [-0.25, -0.2) is 0 Å². The number of para-hydroxylation sites is 1. The number of fused-ring (bicyclic) bond motifs is 2. The number of nitrogens with one attached hydrogen (secondary N) is 1. The van der Waals surface area contributed by atoms with Gasteiger partial charge in [0.25, 0.3) is 0 Å². The van der Waals surface area contributed by atoms with Gasteiger partial charge in [0.05, 0.1) is 6.61 Å². The van der Waals surface area contributed by atoms with E-state index in [1.165, 1.54) is 22.3 Å². The standard InChI is InChI=1S/C18H19NO/c1-2-7-17-15(4-1)11-19-12-16(17)10-14-6-3-5-13-8-9-20-18(13)14/h1-7,16,19H,8-12H2. The van der Waals surface area contributed by atoms with E-state index in [0.717, 1.165) is 38.3 Å². The van der Waals surface area contributed by atoms with Crippen LogP contribution < -0.4 is 10.1 Å². The van der Waals surface area contributed by atoms with Crippen molar-refractivity contribution in [1.29, 1.82) is 0 Å². The van der Waals surface area contributed by atoms with Crippen molar-refractivity contribution in [3.63, 3.8) is 0 Å². The summed E-state index contributed by atoms with van der Waals surface area (Å²) in [4.78, 5) is 0. The first-order chi connectivity index (χ1) is 9.92. The number of hydrogen-bond acceptors (Lipinski definition) is 2. The first-order valence-electron chi connectivity index (χ1n) is 7.44. The van der Waals surface area contributed by atoms with Crippen molar-refractivity contribution >= 4 is 0 Å². The summed E-state index contributed by atoms with van der Waals surface area (Å²) >= 11 is 0. The van der Waals surface area contributed by atoms with Gasteiger partial charge in [-0.05, 0) is 28.7 Å². The Bertz CT molecular complexity index is 635. The summed E-state index contributed by atoms with van der Waals surface area (Å²) < 4.78 is 5.84. The minimum atomic E-state index is 0.552. The first kappa shape index (κ1) is 12.0. The van der Waals surface area contributed by atoms with Crippen molar-refractivity contribution in [2.75, 3.05) is 13.2 Å². The SMILES string of the molecule is c1ccc2c(c1)CNCC2Cc1cccc2c1OCC2. The zero-order chi connectivity index (χ0) is 13.4. The molecule has 2 heteroatoms. The van der Waals surface area contributed by atoms with Gasteiger partial charge < -0.3 is 10.1 Å². The zero-order valence-corrected chi connectivity index (χ0v) is 11.6. The van der Waals surface area contributed by atoms with Crippen molar-refractivity contribution in [2.45, 2.75) is 25.3 Å². The van der Waals surface area contributed by atoms with Gasteiger partial charge in [0.1, 0.15) is 5.75 Å². The van der Waals surface area contributed by atoms with Crippen molar-refractivity contribution in [3.05, 3.63) is 64.7 Å². The Balaban J connectivity index is 1.66. The largest absolute Gasteiger partial charge is 0.493 e. The molecule has 0 saturated heterocycles. The molecule has 2 heterocycles. The van der Waals surface area contributed by atoms with Crippen LogP contribution in [0.2, 0.25) is 0 Å². The van der Waals surface area contributed by atoms with Gasteiger partial charge >= 0.3 is 0 Å². The molecule has 102 valence electrons. The van der Waals surface area contributed by atoms with Crippen LogP contribution in [0.5, 0.6) is 5.75 Å². The lowest BCUT2D eigenvalue weighted by Crippen LogP contribution is -2.29. The van der Waals surface area contributed by atoms with Crippen LogP contribution in [0.25, 0.3) is 0 Å². The fourth-order valence-electron chi connectivity index (χ4n) is 3.48. The summed E-state index contributed by atoms with van der Waals surface area (Å²) in [6.45, 7) is 2.89. The van der Waals surface area contributed by atoms with E-state index in [0.29, 0.717) is 5.92 Å². The minimum absolute atomic E-state index is 0.552. The van der Waals surface area contributed by atoms with Gasteiger partial charge in [-0.1, -0.05) is 42.5 Å². The maximum Gasteiger partial charge on any atom is 0.125 e. The monoisotopic (exact) mass is 265 g/mol. The lowest BCUT2D eigenvalue weighted by molar-refractivity contribution is 0.352. The van der Waals surface area contributed by atoms with E-state index in [4.69, 9.17) is 4.74 Å². The highest BCUT2D eigenvalue weighted by Crippen LogP contribution is 2.34. The summed E-state index contributed by atoms with van der Waals surface area (Å²) in [7, 11) is 0. The van der Waals surface area contributed by atoms with Crippen LogP contribution in [-0.2, 0) is 19.4 Å². The fraction of sp³-hybridized carbons (Fsp3) is 0.333. The molecule has 1 atom stereocenters. The van der Waals surface area contributed by atoms with Gasteiger partial charge in [0.15, 0.2) is 0 Å². The molecule has 0 radical (unpaired) electrons. The van der Waals surface area contributed by atoms with Crippen LogP contribution in [-0.4, -0.2) is 13.2 Å². The normalized spacial score (nSPS) is 20.1. The Kier molecular flexibility index (Phi) is 2.96. The van der Waals surface area contributed by atoms with Gasteiger partial charge in [-0.2, -0.15) is 0 Å². The number of ether oxygens (including phenoxy) is 1. The lowest BCUT2D eigenvalue weighted by atomic mass is 9.86. The highest BCUT2D eigenvalue weighted by atomic mass is 16.5. The van der Waals surface area contributed by atoms with Crippen LogP contribution in [0.15, 0.2) is 42.5 Å². The summed E-state index contributed by atoms with van der Waals surface area (Å²) in [5, 5.41) is 3.54. The average molecular weight is 265 g/mol. The van der Waals surface area contributed by atoms with Crippen molar-refractivity contribution in [3.8, 4) is 5.75 Å². The molecule has 2 aromatic carbocycles. The molecule has 0 aromatic heterocycles. The predicted octanol–water partition coefficient (Wildman–Crippen LogP) is 3.05. The third-order valence-electron chi connectivity index (χ3n) is 4.46. The van der Waals surface area contributed by atoms with E-state index in [-0.39, 0.29) is 0 Å². The predicted molar refractivity (Wildman–Crippen MR) is 80.2 cm³/mol. The highest BCUT2D eigenvalue weighted by molar-refractivity contribution is 5.45. The molecule has 20 heavy (non-hydrogen) atoms. The smallest absolute Gasteiger partial charge is 0.125 e. The summed E-state index contributed by atoms with van der Waals surface area (Å²) in [5.41, 5.74) is 5.68. The number of benzene rings is 2. The molecule has 2 aliphatic heterocycles. The van der Waals surface area contributed by atoms with Crippen LogP contribution in [0.4, 0.5) is 0 Å². The Labute approximate surface area is 119 Å². The van der Waals surface area contributed by atoms with E-state index in [9.17, 15) is 0 Å². The Morgan fingerprint density at radius 1 is 1.05 bits per heavy atom. The molecular formula is C18H19NO. The van der Waals surface area contributed by atoms with Crippen molar-refractivity contribution in [1.82, 2.24) is 5.32 Å². The van der Waals surface area contributed by atoms with E-state index in [2.05, 4.69) is 47.8 Å². The van der Waals surface area contributed by atoms with Gasteiger partial charge in [0.2, 0.25) is 0 Å². The van der Waals surface area contributed by atoms with E-state index >= 15 is 0 Å². The molecule has 2 nitrogen and oxygen atoms in total. The molecule has 0 saturated carbocycles. The second-order valence-electron chi connectivity index (χ2n) is 5.73. The molecule has 0 spiro atoms. The molecular weight excluding hydrogens is 246 g/mol. The lowest BCUT2D eigenvalue weighted by Gasteiger charge is -2.27. The fourth-order valence-corrected chi connectivity index (χ4v) is 3.48. The van der Waals surface area contributed by atoms with Gasteiger partial charge in [-0.3, -0.25) is 0 Å². The van der Waals surface area contributed by atoms with Gasteiger partial charge in [-0.15, -0.1) is 0 Å². The van der Waals surface area contributed by atoms with E-state index in [1.54, 1.807) is 0 Å². The molecule has 4 rings (SSSR count). The van der Waals surface area contributed by atoms with Gasteiger partial charge in [0, 0.05) is 25.4 Å². The van der Waals surface area contributed by atoms with E-state index < -0.39 is 0 Å². The molecule has 1 unspecified atom stereocenters.